The second-order valence-corrected chi connectivity index (χ2v) is 8.74. The first kappa shape index (κ1) is 20.0. The molecule has 1 saturated carbocycles. The molecule has 0 spiro atoms. The number of hydrogen-bond acceptors (Lipinski definition) is 5. The van der Waals surface area contributed by atoms with Gasteiger partial charge in [0.2, 0.25) is 0 Å². The Labute approximate surface area is 179 Å². The van der Waals surface area contributed by atoms with E-state index in [1.807, 2.05) is 18.2 Å². The molecule has 1 saturated heterocycles. The van der Waals surface area contributed by atoms with Crippen molar-refractivity contribution < 1.29 is 13.6 Å². The number of carbonyl (C=O) groups excluding carboxylic acids is 1. The molecule has 0 bridgehead atoms. The topological polar surface area (TPSA) is 58.7 Å². The summed E-state index contributed by atoms with van der Waals surface area (Å²) >= 11 is 0. The highest BCUT2D eigenvalue weighted by molar-refractivity contribution is 5.96. The number of ketones is 1. The Bertz CT molecular complexity index is 1160. The normalized spacial score (nSPS) is 21.5. The maximum Gasteiger partial charge on any atom is 0.419 e. The van der Waals surface area contributed by atoms with Crippen LogP contribution >= 0.6 is 0 Å². The number of carbonyl (C=O) groups is 1. The van der Waals surface area contributed by atoms with Gasteiger partial charge >= 0.3 is 5.76 Å². The predicted molar refractivity (Wildman–Crippen MR) is 117 cm³/mol. The summed E-state index contributed by atoms with van der Waals surface area (Å²) in [7, 11) is 0. The molecule has 0 N–H and O–H groups in total. The molecule has 2 atom stereocenters. The molecule has 5 rings (SSSR count). The van der Waals surface area contributed by atoms with Crippen molar-refractivity contribution in [2.75, 3.05) is 37.6 Å². The fourth-order valence-corrected chi connectivity index (χ4v) is 4.62. The molecule has 31 heavy (non-hydrogen) atoms. The van der Waals surface area contributed by atoms with E-state index in [9.17, 15) is 14.0 Å². The zero-order chi connectivity index (χ0) is 21.5. The highest BCUT2D eigenvalue weighted by atomic mass is 19.1. The van der Waals surface area contributed by atoms with Crippen LogP contribution in [-0.2, 0) is 6.54 Å². The summed E-state index contributed by atoms with van der Waals surface area (Å²) < 4.78 is 20.2. The van der Waals surface area contributed by atoms with Crippen LogP contribution in [0.5, 0.6) is 0 Å². The molecule has 6 nitrogen and oxygen atoms in total. The Kier molecular flexibility index (Phi) is 5.14. The second kappa shape index (κ2) is 7.96. The van der Waals surface area contributed by atoms with Gasteiger partial charge in [0.25, 0.3) is 0 Å². The van der Waals surface area contributed by atoms with E-state index in [0.29, 0.717) is 29.5 Å². The minimum absolute atomic E-state index is 0.0425. The number of rotatable bonds is 6. The lowest BCUT2D eigenvalue weighted by atomic mass is 10.1. The Morgan fingerprint density at radius 3 is 2.45 bits per heavy atom. The van der Waals surface area contributed by atoms with Gasteiger partial charge in [-0.3, -0.25) is 14.3 Å². The van der Waals surface area contributed by atoms with Gasteiger partial charge in [-0.25, -0.2) is 9.18 Å². The molecule has 0 radical (unpaired) electrons. The molecule has 162 valence electrons. The SMILES string of the molecule is CC(=O)c1ccc2c(c1)oc(=O)n2C[C@H]1C[C@@H]1CN1CCN(c2ccc(F)cc2)CC1. The largest absolute Gasteiger partial charge is 0.419 e. The Morgan fingerprint density at radius 2 is 1.74 bits per heavy atom. The van der Waals surface area contributed by atoms with Crippen molar-refractivity contribution in [2.24, 2.45) is 11.8 Å². The number of aromatic nitrogens is 1. The van der Waals surface area contributed by atoms with Crippen molar-refractivity contribution in [3.63, 3.8) is 0 Å². The van der Waals surface area contributed by atoms with Crippen molar-refractivity contribution in [3.8, 4) is 0 Å². The van der Waals surface area contributed by atoms with Gasteiger partial charge in [0.05, 0.1) is 5.52 Å². The number of halogens is 1. The summed E-state index contributed by atoms with van der Waals surface area (Å²) in [6, 6.07) is 11.9. The van der Waals surface area contributed by atoms with E-state index >= 15 is 0 Å². The van der Waals surface area contributed by atoms with Crippen molar-refractivity contribution >= 4 is 22.6 Å². The monoisotopic (exact) mass is 423 g/mol. The summed E-state index contributed by atoms with van der Waals surface area (Å²) in [5.41, 5.74) is 2.86. The Morgan fingerprint density at radius 1 is 1.03 bits per heavy atom. The maximum absolute atomic E-state index is 13.1. The minimum atomic E-state index is -0.353. The fraction of sp³-hybridized carbons (Fsp3) is 0.417. The molecule has 2 aromatic carbocycles. The number of piperazine rings is 1. The highest BCUT2D eigenvalue weighted by Gasteiger charge is 2.39. The third-order valence-electron chi connectivity index (χ3n) is 6.62. The molecule has 2 fully saturated rings. The summed E-state index contributed by atoms with van der Waals surface area (Å²) in [5, 5.41) is 0. The first-order valence-electron chi connectivity index (χ1n) is 10.8. The first-order valence-corrected chi connectivity index (χ1v) is 10.8. The number of hydrogen-bond donors (Lipinski definition) is 0. The van der Waals surface area contributed by atoms with E-state index in [-0.39, 0.29) is 17.4 Å². The average Bonchev–Trinajstić information content (AvgIpc) is 3.42. The van der Waals surface area contributed by atoms with E-state index in [0.717, 1.165) is 50.3 Å². The van der Waals surface area contributed by atoms with Crippen LogP contribution in [0.1, 0.15) is 23.7 Å². The van der Waals surface area contributed by atoms with Crippen LogP contribution in [0.25, 0.3) is 11.1 Å². The molecule has 3 aromatic rings. The zero-order valence-electron chi connectivity index (χ0n) is 17.6. The lowest BCUT2D eigenvalue weighted by Crippen LogP contribution is -2.47. The van der Waals surface area contributed by atoms with E-state index in [1.165, 1.54) is 19.1 Å². The van der Waals surface area contributed by atoms with E-state index in [1.54, 1.807) is 16.7 Å². The smallest absolute Gasteiger partial charge is 0.408 e. The number of anilines is 1. The summed E-state index contributed by atoms with van der Waals surface area (Å²) in [6.07, 6.45) is 1.11. The maximum atomic E-state index is 13.1. The third kappa shape index (κ3) is 4.14. The van der Waals surface area contributed by atoms with Crippen molar-refractivity contribution in [1.29, 1.82) is 0 Å². The predicted octanol–water partition coefficient (Wildman–Crippen LogP) is 3.39. The van der Waals surface area contributed by atoms with E-state index < -0.39 is 0 Å². The van der Waals surface area contributed by atoms with E-state index in [4.69, 9.17) is 4.42 Å². The highest BCUT2D eigenvalue weighted by Crippen LogP contribution is 2.41. The third-order valence-corrected chi connectivity index (χ3v) is 6.62. The second-order valence-electron chi connectivity index (χ2n) is 8.74. The molecule has 0 unspecified atom stereocenters. The molecule has 1 aliphatic carbocycles. The molecule has 2 heterocycles. The standard InChI is InChI=1S/C24H26FN3O3/c1-16(29)17-2-7-22-23(13-17)31-24(30)28(22)15-19-12-18(19)14-26-8-10-27(11-9-26)21-5-3-20(25)4-6-21/h2-7,13,18-19H,8-12,14-15H2,1H3/t18-,19-/m1/s1. The number of oxazole rings is 1. The van der Waals surface area contributed by atoms with Gasteiger partial charge in [-0.15, -0.1) is 0 Å². The molecule has 7 heteroatoms. The zero-order valence-corrected chi connectivity index (χ0v) is 17.6. The number of benzene rings is 2. The van der Waals surface area contributed by atoms with Gasteiger partial charge < -0.3 is 9.32 Å². The van der Waals surface area contributed by atoms with Gasteiger partial charge in [0.15, 0.2) is 11.4 Å². The van der Waals surface area contributed by atoms with Crippen LogP contribution in [0.3, 0.4) is 0 Å². The van der Waals surface area contributed by atoms with Crippen LogP contribution in [0, 0.1) is 17.7 Å². The lowest BCUT2D eigenvalue weighted by Gasteiger charge is -2.36. The average molecular weight is 423 g/mol. The van der Waals surface area contributed by atoms with Crippen LogP contribution < -0.4 is 10.7 Å². The molecular formula is C24H26FN3O3. The Hall–Kier alpha value is -2.93. The van der Waals surface area contributed by atoms with Gasteiger partial charge in [-0.2, -0.15) is 0 Å². The molecule has 0 amide bonds. The van der Waals surface area contributed by atoms with Crippen molar-refractivity contribution in [3.05, 3.63) is 64.4 Å². The van der Waals surface area contributed by atoms with E-state index in [2.05, 4.69) is 9.80 Å². The van der Waals surface area contributed by atoms with Gasteiger partial charge in [0, 0.05) is 50.5 Å². The van der Waals surface area contributed by atoms with Crippen LogP contribution in [0.4, 0.5) is 10.1 Å². The van der Waals surface area contributed by atoms with Crippen LogP contribution in [0.15, 0.2) is 51.7 Å². The van der Waals surface area contributed by atoms with Crippen molar-refractivity contribution in [1.82, 2.24) is 9.47 Å². The molecule has 1 aromatic heterocycles. The summed E-state index contributed by atoms with van der Waals surface area (Å²) in [4.78, 5) is 28.7. The molecule has 2 aliphatic rings. The molecular weight excluding hydrogens is 397 g/mol. The fourth-order valence-electron chi connectivity index (χ4n) is 4.62. The summed E-state index contributed by atoms with van der Waals surface area (Å²) in [6.45, 7) is 7.06. The number of Topliss-reactive ketones (excluding diaryl/α,β-unsaturated/α-hetero) is 1. The van der Waals surface area contributed by atoms with Gasteiger partial charge in [-0.1, -0.05) is 0 Å². The molecule has 1 aliphatic heterocycles. The quantitative estimate of drug-likeness (QED) is 0.569. The first-order chi connectivity index (χ1) is 15.0. The van der Waals surface area contributed by atoms with Gasteiger partial charge in [0.1, 0.15) is 5.82 Å². The minimum Gasteiger partial charge on any atom is -0.408 e. The van der Waals surface area contributed by atoms with Crippen molar-refractivity contribution in [2.45, 2.75) is 19.9 Å². The van der Waals surface area contributed by atoms with Crippen LogP contribution in [0.2, 0.25) is 0 Å². The Balaban J connectivity index is 1.16. The van der Waals surface area contributed by atoms with Gasteiger partial charge in [-0.05, 0) is 67.6 Å². The number of fused-ring (bicyclic) bond motifs is 1. The summed E-state index contributed by atoms with van der Waals surface area (Å²) in [5.74, 6) is 0.464. The number of nitrogens with zero attached hydrogens (tertiary/aromatic N) is 3. The van der Waals surface area contributed by atoms with Crippen LogP contribution in [-0.4, -0.2) is 48.0 Å². The lowest BCUT2D eigenvalue weighted by molar-refractivity contribution is 0.101.